The van der Waals surface area contributed by atoms with Gasteiger partial charge in [0.05, 0.1) is 11.5 Å². The zero-order chi connectivity index (χ0) is 10.3. The molecule has 1 aliphatic carbocycles. The number of rotatable bonds is 1. The van der Waals surface area contributed by atoms with Crippen LogP contribution in [0.5, 0.6) is 0 Å². The van der Waals surface area contributed by atoms with Gasteiger partial charge in [-0.1, -0.05) is 0 Å². The van der Waals surface area contributed by atoms with Crippen molar-refractivity contribution in [3.63, 3.8) is 0 Å². The highest BCUT2D eigenvalue weighted by molar-refractivity contribution is 5.75. The van der Waals surface area contributed by atoms with Gasteiger partial charge in [-0.05, 0) is 13.3 Å². The van der Waals surface area contributed by atoms with Crippen LogP contribution in [0.25, 0.3) is 0 Å². The Kier molecular flexibility index (Phi) is 2.32. The summed E-state index contributed by atoms with van der Waals surface area (Å²) in [6, 6.07) is 0. The lowest BCUT2D eigenvalue weighted by molar-refractivity contribution is -0.176. The number of hydrogen-bond donors (Lipinski definition) is 2. The molecule has 5 heteroatoms. The summed E-state index contributed by atoms with van der Waals surface area (Å²) >= 11 is 0. The molecule has 0 saturated heterocycles. The molecule has 76 valence electrons. The number of halogens is 2. The summed E-state index contributed by atoms with van der Waals surface area (Å²) in [6.07, 6.45) is -2.55. The topological polar surface area (TPSA) is 57.5 Å². The van der Waals surface area contributed by atoms with E-state index < -0.39 is 36.3 Å². The van der Waals surface area contributed by atoms with Crippen LogP contribution in [0.3, 0.4) is 0 Å². The summed E-state index contributed by atoms with van der Waals surface area (Å²) in [4.78, 5) is 10.7. The van der Waals surface area contributed by atoms with E-state index in [0.29, 0.717) is 0 Å². The molecule has 0 bridgehead atoms. The Hall–Kier alpha value is -0.710. The minimum Gasteiger partial charge on any atom is -0.481 e. The highest BCUT2D eigenvalue weighted by Crippen LogP contribution is 2.44. The minimum absolute atomic E-state index is 0.157. The second-order valence-corrected chi connectivity index (χ2v) is 3.81. The van der Waals surface area contributed by atoms with Crippen molar-refractivity contribution >= 4 is 5.97 Å². The summed E-state index contributed by atoms with van der Waals surface area (Å²) in [6.45, 7) is 1.16. The zero-order valence-electron chi connectivity index (χ0n) is 7.26. The van der Waals surface area contributed by atoms with Crippen LogP contribution in [-0.2, 0) is 4.79 Å². The van der Waals surface area contributed by atoms with Gasteiger partial charge < -0.3 is 10.2 Å². The van der Waals surface area contributed by atoms with Gasteiger partial charge >= 0.3 is 5.97 Å². The third-order valence-electron chi connectivity index (χ3n) is 2.63. The van der Waals surface area contributed by atoms with Crippen LogP contribution in [0.1, 0.15) is 26.2 Å². The van der Waals surface area contributed by atoms with Gasteiger partial charge in [0.2, 0.25) is 5.92 Å². The normalized spacial score (nSPS) is 38.6. The maximum Gasteiger partial charge on any atom is 0.312 e. The lowest BCUT2D eigenvalue weighted by atomic mass is 9.72. The molecule has 0 heterocycles. The van der Waals surface area contributed by atoms with E-state index in [4.69, 9.17) is 5.11 Å². The van der Waals surface area contributed by atoms with Crippen molar-refractivity contribution in [2.24, 2.45) is 5.41 Å². The van der Waals surface area contributed by atoms with E-state index in [9.17, 15) is 18.7 Å². The number of aliphatic carboxylic acids is 1. The standard InChI is InChI=1S/C8H12F2O3/c1-7(6(12)13)4-8(9,10)3-2-5(7)11/h5,11H,2-4H2,1H3,(H,12,13). The molecule has 1 aliphatic rings. The Balaban J connectivity index is 2.88. The molecule has 3 nitrogen and oxygen atoms in total. The average Bonchev–Trinajstić information content (AvgIpc) is 1.97. The highest BCUT2D eigenvalue weighted by atomic mass is 19.3. The summed E-state index contributed by atoms with van der Waals surface area (Å²) in [5.74, 6) is -4.33. The van der Waals surface area contributed by atoms with E-state index in [1.165, 1.54) is 0 Å². The van der Waals surface area contributed by atoms with Gasteiger partial charge in [0.25, 0.3) is 0 Å². The summed E-state index contributed by atoms with van der Waals surface area (Å²) in [5.41, 5.74) is -1.71. The lowest BCUT2D eigenvalue weighted by Gasteiger charge is -2.38. The first kappa shape index (κ1) is 10.4. The van der Waals surface area contributed by atoms with Crippen molar-refractivity contribution in [3.05, 3.63) is 0 Å². The molecule has 0 aromatic rings. The summed E-state index contributed by atoms with van der Waals surface area (Å²) < 4.78 is 25.7. The molecular formula is C8H12F2O3. The Morgan fingerprint density at radius 1 is 1.54 bits per heavy atom. The van der Waals surface area contributed by atoms with Crippen molar-refractivity contribution in [2.45, 2.75) is 38.2 Å². The molecular weight excluding hydrogens is 182 g/mol. The van der Waals surface area contributed by atoms with Crippen LogP contribution in [0.4, 0.5) is 8.78 Å². The number of aliphatic hydroxyl groups excluding tert-OH is 1. The Bertz CT molecular complexity index is 229. The molecule has 13 heavy (non-hydrogen) atoms. The molecule has 1 fully saturated rings. The first-order valence-electron chi connectivity index (χ1n) is 4.07. The molecule has 0 amide bonds. The minimum atomic E-state index is -2.97. The summed E-state index contributed by atoms with van der Waals surface area (Å²) in [7, 11) is 0. The molecule has 0 spiro atoms. The molecule has 0 radical (unpaired) electrons. The van der Waals surface area contributed by atoms with Crippen molar-refractivity contribution in [1.82, 2.24) is 0 Å². The number of carbonyl (C=O) groups is 1. The third kappa shape index (κ3) is 1.80. The molecule has 2 atom stereocenters. The Morgan fingerprint density at radius 2 is 2.08 bits per heavy atom. The second-order valence-electron chi connectivity index (χ2n) is 3.81. The predicted molar refractivity (Wildman–Crippen MR) is 40.5 cm³/mol. The monoisotopic (exact) mass is 194 g/mol. The van der Waals surface area contributed by atoms with Crippen molar-refractivity contribution in [2.75, 3.05) is 0 Å². The summed E-state index contributed by atoms with van der Waals surface area (Å²) in [5, 5.41) is 18.0. The largest absolute Gasteiger partial charge is 0.481 e. The zero-order valence-corrected chi connectivity index (χ0v) is 7.26. The third-order valence-corrected chi connectivity index (χ3v) is 2.63. The van der Waals surface area contributed by atoms with Crippen LogP contribution in [0.2, 0.25) is 0 Å². The Labute approximate surface area is 74.4 Å². The van der Waals surface area contributed by atoms with E-state index in [2.05, 4.69) is 0 Å². The fourth-order valence-electron chi connectivity index (χ4n) is 1.63. The number of carboxylic acid groups (broad SMARTS) is 1. The quantitative estimate of drug-likeness (QED) is 0.660. The van der Waals surface area contributed by atoms with Gasteiger partial charge in [-0.2, -0.15) is 0 Å². The van der Waals surface area contributed by atoms with Crippen molar-refractivity contribution in [1.29, 1.82) is 0 Å². The molecule has 0 aliphatic heterocycles. The Morgan fingerprint density at radius 3 is 2.46 bits per heavy atom. The number of aliphatic hydroxyl groups is 1. The molecule has 1 rings (SSSR count). The van der Waals surface area contributed by atoms with Crippen LogP contribution in [0, 0.1) is 5.41 Å². The van der Waals surface area contributed by atoms with E-state index >= 15 is 0 Å². The van der Waals surface area contributed by atoms with Crippen LogP contribution in [-0.4, -0.2) is 28.2 Å². The van der Waals surface area contributed by atoms with E-state index in [-0.39, 0.29) is 6.42 Å². The maximum absolute atomic E-state index is 12.9. The number of carboxylic acids is 1. The van der Waals surface area contributed by atoms with Gasteiger partial charge in [-0.15, -0.1) is 0 Å². The number of hydrogen-bond acceptors (Lipinski definition) is 2. The average molecular weight is 194 g/mol. The van der Waals surface area contributed by atoms with E-state index in [1.54, 1.807) is 0 Å². The molecule has 2 unspecified atom stereocenters. The van der Waals surface area contributed by atoms with Gasteiger partial charge in [0.1, 0.15) is 0 Å². The van der Waals surface area contributed by atoms with Gasteiger partial charge in [0.15, 0.2) is 0 Å². The first-order valence-corrected chi connectivity index (χ1v) is 4.07. The molecule has 0 aromatic carbocycles. The van der Waals surface area contributed by atoms with Crippen molar-refractivity contribution < 1.29 is 23.8 Å². The highest BCUT2D eigenvalue weighted by Gasteiger charge is 2.52. The van der Waals surface area contributed by atoms with E-state index in [0.717, 1.165) is 6.92 Å². The lowest BCUT2D eigenvalue weighted by Crippen LogP contribution is -2.48. The smallest absolute Gasteiger partial charge is 0.312 e. The van der Waals surface area contributed by atoms with Crippen LogP contribution < -0.4 is 0 Å². The van der Waals surface area contributed by atoms with Crippen LogP contribution in [0.15, 0.2) is 0 Å². The maximum atomic E-state index is 12.9. The molecule has 1 saturated carbocycles. The predicted octanol–water partition coefficient (Wildman–Crippen LogP) is 1.26. The fraction of sp³-hybridized carbons (Fsp3) is 0.875. The SMILES string of the molecule is CC1(C(=O)O)CC(F)(F)CCC1O. The van der Waals surface area contributed by atoms with Gasteiger partial charge in [0, 0.05) is 12.8 Å². The number of alkyl halides is 2. The van der Waals surface area contributed by atoms with E-state index in [1.807, 2.05) is 0 Å². The van der Waals surface area contributed by atoms with Gasteiger partial charge in [-0.25, -0.2) is 8.78 Å². The van der Waals surface area contributed by atoms with Gasteiger partial charge in [-0.3, -0.25) is 4.79 Å². The molecule has 0 aromatic heterocycles. The van der Waals surface area contributed by atoms with Crippen LogP contribution >= 0.6 is 0 Å². The molecule has 2 N–H and O–H groups in total. The van der Waals surface area contributed by atoms with Crippen molar-refractivity contribution in [3.8, 4) is 0 Å². The fourth-order valence-corrected chi connectivity index (χ4v) is 1.63. The first-order chi connectivity index (χ1) is 5.78. The second kappa shape index (κ2) is 2.90.